The Kier molecular flexibility index (Phi) is 11.0. The number of aryl methyl sites for hydroxylation is 1. The molecule has 0 aliphatic rings. The molecule has 6 nitrogen and oxygen atoms in total. The predicted molar refractivity (Wildman–Crippen MR) is 126 cm³/mol. The number of nitrogens with zero attached hydrogens (tertiary/aromatic N) is 2. The number of amides is 1. The van der Waals surface area contributed by atoms with E-state index in [1.54, 1.807) is 0 Å². The lowest BCUT2D eigenvalue weighted by molar-refractivity contribution is -0.143. The lowest BCUT2D eigenvalue weighted by atomic mass is 10.1. The van der Waals surface area contributed by atoms with E-state index >= 15 is 0 Å². The molecule has 0 aliphatic carbocycles. The molecule has 0 spiro atoms. The molecule has 0 aliphatic heterocycles. The highest BCUT2D eigenvalue weighted by atomic mass is 16.5. The third-order valence-corrected chi connectivity index (χ3v) is 5.69. The molecule has 0 saturated heterocycles. The minimum Gasteiger partial charge on any atom is -0.466 e. The number of esters is 1. The van der Waals surface area contributed by atoms with Gasteiger partial charge < -0.3 is 14.1 Å². The van der Waals surface area contributed by atoms with Gasteiger partial charge >= 0.3 is 5.97 Å². The first-order valence-corrected chi connectivity index (χ1v) is 11.7. The van der Waals surface area contributed by atoms with Crippen LogP contribution in [0.25, 0.3) is 0 Å². The first kappa shape index (κ1) is 25.7. The summed E-state index contributed by atoms with van der Waals surface area (Å²) in [5.41, 5.74) is 1.20. The molecule has 0 unspecified atom stereocenters. The number of ether oxygens (including phenoxy) is 1. The molecule has 1 amide bonds. The molecule has 176 valence electrons. The highest BCUT2D eigenvalue weighted by molar-refractivity contribution is 5.78. The Morgan fingerprint density at radius 1 is 1.06 bits per heavy atom. The van der Waals surface area contributed by atoms with Crippen molar-refractivity contribution in [2.24, 2.45) is 0 Å². The largest absolute Gasteiger partial charge is 0.466 e. The lowest BCUT2D eigenvalue weighted by Crippen LogP contribution is -2.44. The molecular weight excluding hydrogens is 404 g/mol. The van der Waals surface area contributed by atoms with Gasteiger partial charge in [0.05, 0.1) is 19.7 Å². The van der Waals surface area contributed by atoms with Crippen molar-refractivity contribution in [2.45, 2.75) is 66.0 Å². The molecule has 0 N–H and O–H groups in total. The first-order valence-electron chi connectivity index (χ1n) is 11.7. The van der Waals surface area contributed by atoms with Crippen LogP contribution in [0.1, 0.15) is 57.1 Å². The van der Waals surface area contributed by atoms with Crippen LogP contribution < -0.4 is 0 Å². The van der Waals surface area contributed by atoms with Gasteiger partial charge in [-0.15, -0.1) is 0 Å². The number of rotatable bonds is 14. The van der Waals surface area contributed by atoms with Crippen molar-refractivity contribution in [2.75, 3.05) is 26.2 Å². The average Bonchev–Trinajstić information content (AvgIpc) is 3.20. The van der Waals surface area contributed by atoms with E-state index in [1.807, 2.05) is 49.1 Å². The normalized spacial score (nSPS) is 12.0. The minimum absolute atomic E-state index is 0.0754. The van der Waals surface area contributed by atoms with Crippen LogP contribution in [0.3, 0.4) is 0 Å². The maximum absolute atomic E-state index is 13.4. The summed E-state index contributed by atoms with van der Waals surface area (Å²) in [6, 6.07) is 14.3. The zero-order chi connectivity index (χ0) is 23.3. The summed E-state index contributed by atoms with van der Waals surface area (Å²) in [7, 11) is 0. The summed E-state index contributed by atoms with van der Waals surface area (Å²) >= 11 is 0. The number of hydrogen-bond donors (Lipinski definition) is 0. The van der Waals surface area contributed by atoms with Gasteiger partial charge in [0.2, 0.25) is 5.91 Å². The molecule has 2 rings (SSSR count). The second-order valence-corrected chi connectivity index (χ2v) is 8.20. The second kappa shape index (κ2) is 13.7. The number of hydrogen-bond acceptors (Lipinski definition) is 5. The Morgan fingerprint density at radius 2 is 1.81 bits per heavy atom. The fourth-order valence-electron chi connectivity index (χ4n) is 3.61. The minimum atomic E-state index is -0.180. The molecule has 2 aromatic rings. The second-order valence-electron chi connectivity index (χ2n) is 8.20. The topological polar surface area (TPSA) is 63.0 Å². The van der Waals surface area contributed by atoms with Gasteiger partial charge in [-0.2, -0.15) is 0 Å². The van der Waals surface area contributed by atoms with Gasteiger partial charge in [-0.25, -0.2) is 0 Å². The van der Waals surface area contributed by atoms with Crippen LogP contribution in [0, 0.1) is 6.92 Å². The van der Waals surface area contributed by atoms with E-state index in [4.69, 9.17) is 9.15 Å². The SMILES string of the molecule is CCOC(=O)CCCN(CC(=O)N(CCc1ccccc1)Cc1ccc(C)o1)[C@@H](C)CC. The van der Waals surface area contributed by atoms with E-state index < -0.39 is 0 Å². The van der Waals surface area contributed by atoms with E-state index in [0.717, 1.165) is 24.4 Å². The molecule has 0 fully saturated rings. The number of benzene rings is 1. The standard InChI is InChI=1S/C26H38N2O4/c1-5-21(3)27(17-10-13-26(30)31-6-2)20-25(29)28(19-24-15-14-22(4)32-24)18-16-23-11-8-7-9-12-23/h7-9,11-12,14-15,21H,5-6,10,13,16-20H2,1-4H3/t21-/m0/s1. The number of furan rings is 1. The smallest absolute Gasteiger partial charge is 0.305 e. The molecule has 0 radical (unpaired) electrons. The molecule has 1 aromatic carbocycles. The number of carbonyl (C=O) groups excluding carboxylic acids is 2. The fraction of sp³-hybridized carbons (Fsp3) is 0.538. The summed E-state index contributed by atoms with van der Waals surface area (Å²) in [5, 5.41) is 0. The van der Waals surface area contributed by atoms with Gasteiger partial charge in [0.15, 0.2) is 0 Å². The van der Waals surface area contributed by atoms with Gasteiger partial charge in [0.25, 0.3) is 0 Å². The van der Waals surface area contributed by atoms with Crippen LogP contribution in [-0.4, -0.2) is 54.0 Å². The van der Waals surface area contributed by atoms with Crippen molar-refractivity contribution < 1.29 is 18.7 Å². The Balaban J connectivity index is 2.03. The Labute approximate surface area is 192 Å². The van der Waals surface area contributed by atoms with E-state index in [1.165, 1.54) is 5.56 Å². The van der Waals surface area contributed by atoms with Gasteiger partial charge in [0.1, 0.15) is 11.5 Å². The van der Waals surface area contributed by atoms with Crippen molar-refractivity contribution in [3.05, 3.63) is 59.5 Å². The Bertz CT molecular complexity index is 818. The highest BCUT2D eigenvalue weighted by Crippen LogP contribution is 2.13. The molecule has 0 bridgehead atoms. The van der Waals surface area contributed by atoms with E-state index in [-0.39, 0.29) is 17.9 Å². The van der Waals surface area contributed by atoms with Gasteiger partial charge in [-0.05, 0) is 64.3 Å². The number of carbonyl (C=O) groups is 2. The Hall–Kier alpha value is -2.60. The summed E-state index contributed by atoms with van der Waals surface area (Å²) in [4.78, 5) is 29.1. The lowest BCUT2D eigenvalue weighted by Gasteiger charge is -2.31. The zero-order valence-electron chi connectivity index (χ0n) is 20.0. The van der Waals surface area contributed by atoms with Gasteiger partial charge in [-0.1, -0.05) is 37.3 Å². The summed E-state index contributed by atoms with van der Waals surface area (Å²) < 4.78 is 10.8. The van der Waals surface area contributed by atoms with Crippen LogP contribution in [0.2, 0.25) is 0 Å². The zero-order valence-corrected chi connectivity index (χ0v) is 20.0. The quantitative estimate of drug-likeness (QED) is 0.400. The van der Waals surface area contributed by atoms with Crippen molar-refractivity contribution in [3.8, 4) is 0 Å². The van der Waals surface area contributed by atoms with Crippen LogP contribution in [0.5, 0.6) is 0 Å². The van der Waals surface area contributed by atoms with Crippen molar-refractivity contribution in [1.29, 1.82) is 0 Å². The molecular formula is C26H38N2O4. The molecule has 1 aromatic heterocycles. The fourth-order valence-corrected chi connectivity index (χ4v) is 3.61. The molecule has 1 atom stereocenters. The predicted octanol–water partition coefficient (Wildman–Crippen LogP) is 4.60. The van der Waals surface area contributed by atoms with E-state index in [9.17, 15) is 9.59 Å². The molecule has 1 heterocycles. The summed E-state index contributed by atoms with van der Waals surface area (Å²) in [6.07, 6.45) is 2.78. The maximum Gasteiger partial charge on any atom is 0.305 e. The summed E-state index contributed by atoms with van der Waals surface area (Å²) in [5.74, 6) is 1.53. The monoisotopic (exact) mass is 442 g/mol. The summed E-state index contributed by atoms with van der Waals surface area (Å²) in [6.45, 7) is 10.5. The third-order valence-electron chi connectivity index (χ3n) is 5.69. The van der Waals surface area contributed by atoms with Crippen LogP contribution in [0.15, 0.2) is 46.9 Å². The van der Waals surface area contributed by atoms with Crippen molar-refractivity contribution in [3.63, 3.8) is 0 Å². The van der Waals surface area contributed by atoms with Gasteiger partial charge in [0, 0.05) is 19.0 Å². The molecule has 0 saturated carbocycles. The van der Waals surface area contributed by atoms with Crippen LogP contribution in [0.4, 0.5) is 0 Å². The third kappa shape index (κ3) is 8.87. The molecule has 32 heavy (non-hydrogen) atoms. The van der Waals surface area contributed by atoms with Gasteiger partial charge in [-0.3, -0.25) is 14.5 Å². The highest BCUT2D eigenvalue weighted by Gasteiger charge is 2.22. The van der Waals surface area contributed by atoms with Crippen molar-refractivity contribution in [1.82, 2.24) is 9.80 Å². The van der Waals surface area contributed by atoms with Crippen molar-refractivity contribution >= 4 is 11.9 Å². The van der Waals surface area contributed by atoms with Crippen LogP contribution in [-0.2, 0) is 27.3 Å². The molecule has 6 heteroatoms. The Morgan fingerprint density at radius 3 is 2.44 bits per heavy atom. The van der Waals surface area contributed by atoms with E-state index in [0.29, 0.717) is 45.6 Å². The average molecular weight is 443 g/mol. The van der Waals surface area contributed by atoms with E-state index in [2.05, 4.69) is 30.9 Å². The van der Waals surface area contributed by atoms with Crippen LogP contribution >= 0.6 is 0 Å². The first-order chi connectivity index (χ1) is 15.4. The maximum atomic E-state index is 13.4.